The Morgan fingerprint density at radius 3 is 2.91 bits per heavy atom. The maximum atomic E-state index is 12.5. The number of aryl methyl sites for hydroxylation is 1. The molecule has 0 saturated heterocycles. The van der Waals surface area contributed by atoms with Gasteiger partial charge in [-0.2, -0.15) is 5.10 Å². The van der Waals surface area contributed by atoms with Crippen molar-refractivity contribution >= 4 is 34.4 Å². The molecule has 1 aromatic heterocycles. The van der Waals surface area contributed by atoms with E-state index in [1.165, 1.54) is 6.21 Å². The largest absolute Gasteiger partial charge is 0.506 e. The topological polar surface area (TPSA) is 78.7 Å². The molecule has 120 valence electrons. The van der Waals surface area contributed by atoms with Crippen LogP contribution in [0.4, 0.5) is 0 Å². The standard InChI is InChI=1S/C16H18N4O2S/c1-3-9-17-16(23)19-18-10-12-14(21)11-7-5-6-8-13(11)20(4-2)15(12)22/h3,5-8,10,21H,1,4,9H2,2H3,(H2,17,19,23)/b18-10-. The molecule has 3 N–H and O–H groups in total. The van der Waals surface area contributed by atoms with Crippen LogP contribution in [0.5, 0.6) is 5.75 Å². The smallest absolute Gasteiger partial charge is 0.263 e. The van der Waals surface area contributed by atoms with E-state index < -0.39 is 0 Å². The van der Waals surface area contributed by atoms with E-state index >= 15 is 0 Å². The number of nitrogens with zero attached hydrogens (tertiary/aromatic N) is 2. The van der Waals surface area contributed by atoms with Crippen molar-refractivity contribution in [3.8, 4) is 5.75 Å². The maximum absolute atomic E-state index is 12.5. The molecule has 1 heterocycles. The van der Waals surface area contributed by atoms with Crippen LogP contribution in [-0.4, -0.2) is 27.5 Å². The fraction of sp³-hybridized carbons (Fsp3) is 0.188. The van der Waals surface area contributed by atoms with Gasteiger partial charge in [-0.3, -0.25) is 10.2 Å². The third-order valence-electron chi connectivity index (χ3n) is 3.26. The molecule has 1 aromatic carbocycles. The lowest BCUT2D eigenvalue weighted by molar-refractivity contribution is 0.478. The lowest BCUT2D eigenvalue weighted by Gasteiger charge is -2.11. The van der Waals surface area contributed by atoms with Crippen molar-refractivity contribution in [1.29, 1.82) is 0 Å². The van der Waals surface area contributed by atoms with E-state index in [0.717, 1.165) is 0 Å². The first-order valence-corrected chi connectivity index (χ1v) is 7.53. The normalized spacial score (nSPS) is 10.8. The summed E-state index contributed by atoms with van der Waals surface area (Å²) in [5, 5.41) is 18.0. The summed E-state index contributed by atoms with van der Waals surface area (Å²) in [6.07, 6.45) is 2.94. The second-order valence-electron chi connectivity index (χ2n) is 4.70. The Morgan fingerprint density at radius 1 is 1.48 bits per heavy atom. The van der Waals surface area contributed by atoms with Crippen molar-refractivity contribution < 1.29 is 5.11 Å². The third-order valence-corrected chi connectivity index (χ3v) is 3.50. The Balaban J connectivity index is 2.39. The highest BCUT2D eigenvalue weighted by molar-refractivity contribution is 7.80. The average Bonchev–Trinajstić information content (AvgIpc) is 2.56. The predicted molar refractivity (Wildman–Crippen MR) is 97.1 cm³/mol. The van der Waals surface area contributed by atoms with Crippen LogP contribution in [0.25, 0.3) is 10.9 Å². The fourth-order valence-electron chi connectivity index (χ4n) is 2.20. The van der Waals surface area contributed by atoms with Crippen LogP contribution in [0.15, 0.2) is 46.8 Å². The average molecular weight is 330 g/mol. The molecule has 0 saturated carbocycles. The van der Waals surface area contributed by atoms with Crippen molar-refractivity contribution in [3.63, 3.8) is 0 Å². The Labute approximate surface area is 139 Å². The van der Waals surface area contributed by atoms with Crippen molar-refractivity contribution in [2.24, 2.45) is 5.10 Å². The first-order chi connectivity index (χ1) is 11.1. The van der Waals surface area contributed by atoms with Gasteiger partial charge in [0.05, 0.1) is 11.7 Å². The van der Waals surface area contributed by atoms with Gasteiger partial charge < -0.3 is 15.0 Å². The van der Waals surface area contributed by atoms with E-state index in [-0.39, 0.29) is 16.9 Å². The molecule has 2 rings (SSSR count). The number of fused-ring (bicyclic) bond motifs is 1. The van der Waals surface area contributed by atoms with Gasteiger partial charge in [-0.05, 0) is 31.3 Å². The van der Waals surface area contributed by atoms with Crippen molar-refractivity contribution in [1.82, 2.24) is 15.3 Å². The minimum Gasteiger partial charge on any atom is -0.506 e. The SMILES string of the molecule is C=CCNC(=S)N/N=C\c1c(O)c2ccccc2n(CC)c1=O. The number of benzene rings is 1. The molecule has 23 heavy (non-hydrogen) atoms. The number of hydrazone groups is 1. The van der Waals surface area contributed by atoms with Gasteiger partial charge in [0.15, 0.2) is 5.11 Å². The fourth-order valence-corrected chi connectivity index (χ4v) is 2.34. The van der Waals surface area contributed by atoms with E-state index in [2.05, 4.69) is 22.4 Å². The summed E-state index contributed by atoms with van der Waals surface area (Å²) in [6, 6.07) is 7.19. The van der Waals surface area contributed by atoms with Gasteiger partial charge in [0.1, 0.15) is 11.3 Å². The molecule has 0 spiro atoms. The molecule has 0 radical (unpaired) electrons. The van der Waals surface area contributed by atoms with Gasteiger partial charge in [0.2, 0.25) is 0 Å². The molecule has 2 aromatic rings. The van der Waals surface area contributed by atoms with Gasteiger partial charge >= 0.3 is 0 Å². The summed E-state index contributed by atoms with van der Waals surface area (Å²) < 4.78 is 1.59. The van der Waals surface area contributed by atoms with E-state index in [1.54, 1.807) is 28.8 Å². The third kappa shape index (κ3) is 3.57. The maximum Gasteiger partial charge on any atom is 0.263 e. The number of hydrogen-bond donors (Lipinski definition) is 3. The molecule has 0 atom stereocenters. The highest BCUT2D eigenvalue weighted by Gasteiger charge is 2.13. The lowest BCUT2D eigenvalue weighted by atomic mass is 10.1. The summed E-state index contributed by atoms with van der Waals surface area (Å²) in [7, 11) is 0. The molecule has 0 fully saturated rings. The number of para-hydroxylation sites is 1. The zero-order valence-electron chi connectivity index (χ0n) is 12.7. The van der Waals surface area contributed by atoms with Crippen LogP contribution in [0.2, 0.25) is 0 Å². The van der Waals surface area contributed by atoms with Crippen LogP contribution in [0.1, 0.15) is 12.5 Å². The van der Waals surface area contributed by atoms with Crippen LogP contribution >= 0.6 is 12.2 Å². The van der Waals surface area contributed by atoms with Crippen molar-refractivity contribution in [3.05, 3.63) is 52.8 Å². The first-order valence-electron chi connectivity index (χ1n) is 7.12. The molecule has 0 aliphatic rings. The van der Waals surface area contributed by atoms with Gasteiger partial charge in [-0.25, -0.2) is 0 Å². The molecular formula is C16H18N4O2S. The summed E-state index contributed by atoms with van der Waals surface area (Å²) >= 11 is 5.00. The second kappa shape index (κ2) is 7.55. The Bertz CT molecular complexity index is 827. The first kappa shape index (κ1) is 16.7. The lowest BCUT2D eigenvalue weighted by Crippen LogP contribution is -2.32. The zero-order chi connectivity index (χ0) is 16.8. The van der Waals surface area contributed by atoms with Crippen LogP contribution < -0.4 is 16.3 Å². The van der Waals surface area contributed by atoms with E-state index in [1.807, 2.05) is 13.0 Å². The summed E-state index contributed by atoms with van der Waals surface area (Å²) in [4.78, 5) is 12.5. The predicted octanol–water partition coefficient (Wildman–Crippen LogP) is 1.71. The van der Waals surface area contributed by atoms with Crippen LogP contribution in [0.3, 0.4) is 0 Å². The molecule has 0 bridgehead atoms. The number of nitrogens with one attached hydrogen (secondary N) is 2. The number of hydrogen-bond acceptors (Lipinski definition) is 4. The Hall–Kier alpha value is -2.67. The van der Waals surface area contributed by atoms with E-state index in [4.69, 9.17) is 12.2 Å². The van der Waals surface area contributed by atoms with E-state index in [9.17, 15) is 9.90 Å². The van der Waals surface area contributed by atoms with Gasteiger partial charge in [-0.15, -0.1) is 6.58 Å². The number of pyridine rings is 1. The monoisotopic (exact) mass is 330 g/mol. The second-order valence-corrected chi connectivity index (χ2v) is 5.11. The molecule has 6 nitrogen and oxygen atoms in total. The van der Waals surface area contributed by atoms with Crippen molar-refractivity contribution in [2.75, 3.05) is 6.54 Å². The molecule has 0 amide bonds. The number of aromatic hydroxyl groups is 1. The van der Waals surface area contributed by atoms with Crippen molar-refractivity contribution in [2.45, 2.75) is 13.5 Å². The van der Waals surface area contributed by atoms with Gasteiger partial charge in [-0.1, -0.05) is 18.2 Å². The van der Waals surface area contributed by atoms with E-state index in [0.29, 0.717) is 29.1 Å². The van der Waals surface area contributed by atoms with Gasteiger partial charge in [0.25, 0.3) is 5.56 Å². The number of aromatic nitrogens is 1. The molecule has 7 heteroatoms. The summed E-state index contributed by atoms with van der Waals surface area (Å²) in [5.74, 6) is -0.0918. The molecule has 0 aliphatic carbocycles. The number of thiocarbonyl (C=S) groups is 1. The highest BCUT2D eigenvalue weighted by Crippen LogP contribution is 2.25. The van der Waals surface area contributed by atoms with Crippen LogP contribution in [0, 0.1) is 0 Å². The number of rotatable bonds is 5. The minimum atomic E-state index is -0.306. The molecule has 0 unspecified atom stereocenters. The molecular weight excluding hydrogens is 312 g/mol. The summed E-state index contributed by atoms with van der Waals surface area (Å²) in [6.45, 7) is 6.44. The van der Waals surface area contributed by atoms with Gasteiger partial charge in [0, 0.05) is 18.5 Å². The van der Waals surface area contributed by atoms with Crippen LogP contribution in [-0.2, 0) is 6.54 Å². The quantitative estimate of drug-likeness (QED) is 0.337. The highest BCUT2D eigenvalue weighted by atomic mass is 32.1. The zero-order valence-corrected chi connectivity index (χ0v) is 13.6. The minimum absolute atomic E-state index is 0.0918. The Kier molecular flexibility index (Phi) is 5.48. The molecule has 0 aliphatic heterocycles. The Morgan fingerprint density at radius 2 is 2.22 bits per heavy atom. The summed E-state index contributed by atoms with van der Waals surface area (Å²) in [5.41, 5.74) is 3.08.